The third-order valence-corrected chi connectivity index (χ3v) is 3.96. The van der Waals surface area contributed by atoms with E-state index in [1.54, 1.807) is 24.3 Å². The van der Waals surface area contributed by atoms with Crippen LogP contribution in [0.3, 0.4) is 0 Å². The number of carbonyl (C=O) groups is 1. The zero-order valence-corrected chi connectivity index (χ0v) is 14.1. The van der Waals surface area contributed by atoms with Gasteiger partial charge in [-0.15, -0.1) is 0 Å². The highest BCUT2D eigenvalue weighted by molar-refractivity contribution is 5.98. The summed E-state index contributed by atoms with van der Waals surface area (Å²) >= 11 is 0. The van der Waals surface area contributed by atoms with Gasteiger partial charge in [-0.05, 0) is 47.5 Å². The Hall–Kier alpha value is -3.62. The number of aliphatic hydroxyl groups excluding tert-OH is 1. The third-order valence-electron chi connectivity index (χ3n) is 3.96. The molecule has 0 saturated carbocycles. The smallest absolute Gasteiger partial charge is 0.336 e. The van der Waals surface area contributed by atoms with E-state index >= 15 is 0 Å². The molecule has 3 rings (SSSR count). The number of rotatable bonds is 3. The molecular formula is C22H15FO4. The van der Waals surface area contributed by atoms with Crippen LogP contribution >= 0.6 is 0 Å². The van der Waals surface area contributed by atoms with Crippen molar-refractivity contribution in [2.75, 3.05) is 0 Å². The van der Waals surface area contributed by atoms with Crippen LogP contribution in [0.15, 0.2) is 66.7 Å². The van der Waals surface area contributed by atoms with Crippen LogP contribution in [0.1, 0.15) is 27.6 Å². The Kier molecular flexibility index (Phi) is 5.20. The van der Waals surface area contributed by atoms with Gasteiger partial charge >= 0.3 is 5.97 Å². The minimum Gasteiger partial charge on any atom is -0.508 e. The Bertz CT molecular complexity index is 1050. The molecule has 0 spiro atoms. The summed E-state index contributed by atoms with van der Waals surface area (Å²) in [4.78, 5) is 11.6. The van der Waals surface area contributed by atoms with Crippen LogP contribution in [0.25, 0.3) is 11.1 Å². The Balaban J connectivity index is 2.07. The molecule has 5 heteroatoms. The summed E-state index contributed by atoms with van der Waals surface area (Å²) in [7, 11) is 0. The summed E-state index contributed by atoms with van der Waals surface area (Å²) in [6, 6.07) is 16.2. The topological polar surface area (TPSA) is 77.8 Å². The largest absolute Gasteiger partial charge is 0.508 e. The van der Waals surface area contributed by atoms with Crippen LogP contribution in [0.5, 0.6) is 5.75 Å². The van der Waals surface area contributed by atoms with Crippen LogP contribution in [-0.2, 0) is 0 Å². The molecule has 0 radical (unpaired) electrons. The molecule has 0 aliphatic heterocycles. The molecule has 0 saturated heterocycles. The van der Waals surface area contributed by atoms with E-state index in [2.05, 4.69) is 11.8 Å². The minimum atomic E-state index is -1.16. The van der Waals surface area contributed by atoms with Crippen molar-refractivity contribution >= 4 is 5.97 Å². The van der Waals surface area contributed by atoms with E-state index in [-0.39, 0.29) is 11.3 Å². The molecule has 0 amide bonds. The first-order valence-electron chi connectivity index (χ1n) is 8.06. The normalized spacial score (nSPS) is 11.3. The SMILES string of the molecule is O=C(O)c1cccc(C#CC(O)c2ccc(F)cc2)c1-c1cccc(O)c1. The van der Waals surface area contributed by atoms with E-state index in [0.717, 1.165) is 0 Å². The summed E-state index contributed by atoms with van der Waals surface area (Å²) in [5, 5.41) is 29.4. The number of carboxylic acids is 1. The van der Waals surface area contributed by atoms with Gasteiger partial charge in [-0.2, -0.15) is 0 Å². The van der Waals surface area contributed by atoms with Gasteiger partial charge in [-0.1, -0.05) is 42.2 Å². The zero-order chi connectivity index (χ0) is 19.4. The first kappa shape index (κ1) is 18.2. The predicted molar refractivity (Wildman–Crippen MR) is 98.7 cm³/mol. The second-order valence-electron chi connectivity index (χ2n) is 5.81. The van der Waals surface area contributed by atoms with Crippen molar-refractivity contribution in [2.24, 2.45) is 0 Å². The van der Waals surface area contributed by atoms with Crippen LogP contribution in [0.4, 0.5) is 4.39 Å². The molecule has 0 fully saturated rings. The van der Waals surface area contributed by atoms with Gasteiger partial charge in [-0.25, -0.2) is 9.18 Å². The summed E-state index contributed by atoms with van der Waals surface area (Å²) in [5.41, 5.74) is 1.69. The number of hydrogen-bond donors (Lipinski definition) is 3. The summed E-state index contributed by atoms with van der Waals surface area (Å²) in [6.45, 7) is 0. The van der Waals surface area contributed by atoms with Crippen molar-refractivity contribution in [1.82, 2.24) is 0 Å². The maximum absolute atomic E-state index is 13.0. The van der Waals surface area contributed by atoms with Crippen molar-refractivity contribution in [3.8, 4) is 28.7 Å². The molecule has 0 bridgehead atoms. The molecule has 4 nitrogen and oxygen atoms in total. The monoisotopic (exact) mass is 362 g/mol. The van der Waals surface area contributed by atoms with Crippen molar-refractivity contribution in [3.63, 3.8) is 0 Å². The van der Waals surface area contributed by atoms with Gasteiger partial charge < -0.3 is 15.3 Å². The summed E-state index contributed by atoms with van der Waals surface area (Å²) in [6.07, 6.45) is -1.16. The number of phenols is 1. The van der Waals surface area contributed by atoms with Gasteiger partial charge in [0.05, 0.1) is 5.56 Å². The van der Waals surface area contributed by atoms with Gasteiger partial charge in [0.1, 0.15) is 17.7 Å². The maximum atomic E-state index is 13.0. The molecule has 27 heavy (non-hydrogen) atoms. The third kappa shape index (κ3) is 4.14. The van der Waals surface area contributed by atoms with E-state index in [0.29, 0.717) is 22.3 Å². The number of halogens is 1. The fraction of sp³-hybridized carbons (Fsp3) is 0.0455. The molecule has 1 unspecified atom stereocenters. The van der Waals surface area contributed by atoms with E-state index in [4.69, 9.17) is 0 Å². The first-order chi connectivity index (χ1) is 13.0. The van der Waals surface area contributed by atoms with Crippen molar-refractivity contribution in [2.45, 2.75) is 6.10 Å². The van der Waals surface area contributed by atoms with Gasteiger partial charge in [0.15, 0.2) is 0 Å². The molecule has 0 aliphatic rings. The predicted octanol–water partition coefficient (Wildman–Crippen LogP) is 3.98. The summed E-state index contributed by atoms with van der Waals surface area (Å²) in [5.74, 6) is 3.91. The lowest BCUT2D eigenvalue weighted by molar-refractivity contribution is 0.0697. The van der Waals surface area contributed by atoms with Gasteiger partial charge in [0, 0.05) is 11.1 Å². The fourth-order valence-corrected chi connectivity index (χ4v) is 2.68. The van der Waals surface area contributed by atoms with E-state index in [9.17, 15) is 24.5 Å². The highest BCUT2D eigenvalue weighted by Crippen LogP contribution is 2.30. The van der Waals surface area contributed by atoms with Crippen LogP contribution in [0.2, 0.25) is 0 Å². The van der Waals surface area contributed by atoms with Crippen LogP contribution in [-0.4, -0.2) is 21.3 Å². The Morgan fingerprint density at radius 1 is 1.00 bits per heavy atom. The molecule has 3 aromatic rings. The van der Waals surface area contributed by atoms with E-state index in [1.807, 2.05) is 0 Å². The molecule has 0 aliphatic carbocycles. The van der Waals surface area contributed by atoms with E-state index < -0.39 is 17.9 Å². The molecule has 1 atom stereocenters. The fourth-order valence-electron chi connectivity index (χ4n) is 2.68. The standard InChI is InChI=1S/C22H15FO4/c23-17-10-7-14(8-11-17)20(25)12-9-15-3-2-6-19(22(26)27)21(15)16-4-1-5-18(24)13-16/h1-8,10-11,13,20,24-25H,(H,26,27). The number of aromatic carboxylic acids is 1. The van der Waals surface area contributed by atoms with Crippen LogP contribution in [0, 0.1) is 17.7 Å². The minimum absolute atomic E-state index is 0.00190. The highest BCUT2D eigenvalue weighted by atomic mass is 19.1. The lowest BCUT2D eigenvalue weighted by Gasteiger charge is -2.10. The molecular weight excluding hydrogens is 347 g/mol. The Labute approximate surface area is 155 Å². The Morgan fingerprint density at radius 3 is 2.37 bits per heavy atom. The number of carboxylic acid groups (broad SMARTS) is 1. The van der Waals surface area contributed by atoms with Crippen molar-refractivity contribution in [3.05, 3.63) is 89.2 Å². The second kappa shape index (κ2) is 7.73. The average Bonchev–Trinajstić information content (AvgIpc) is 2.66. The molecule has 134 valence electrons. The maximum Gasteiger partial charge on any atom is 0.336 e. The van der Waals surface area contributed by atoms with Gasteiger partial charge in [-0.3, -0.25) is 0 Å². The zero-order valence-electron chi connectivity index (χ0n) is 14.1. The lowest BCUT2D eigenvalue weighted by atomic mass is 9.94. The number of aromatic hydroxyl groups is 1. The van der Waals surface area contributed by atoms with Crippen molar-refractivity contribution in [1.29, 1.82) is 0 Å². The molecule has 3 N–H and O–H groups in total. The number of benzene rings is 3. The van der Waals surface area contributed by atoms with Crippen LogP contribution < -0.4 is 0 Å². The second-order valence-corrected chi connectivity index (χ2v) is 5.81. The average molecular weight is 362 g/mol. The molecule has 3 aromatic carbocycles. The number of hydrogen-bond acceptors (Lipinski definition) is 3. The molecule has 0 heterocycles. The number of phenolic OH excluding ortho intramolecular Hbond substituents is 1. The van der Waals surface area contributed by atoms with Crippen molar-refractivity contribution < 1.29 is 24.5 Å². The van der Waals surface area contributed by atoms with Gasteiger partial charge in [0.25, 0.3) is 0 Å². The molecule has 0 aromatic heterocycles. The number of aliphatic hydroxyl groups is 1. The van der Waals surface area contributed by atoms with E-state index in [1.165, 1.54) is 42.5 Å². The Morgan fingerprint density at radius 2 is 1.70 bits per heavy atom. The quantitative estimate of drug-likeness (QED) is 0.616. The lowest BCUT2D eigenvalue weighted by Crippen LogP contribution is -2.02. The summed E-state index contributed by atoms with van der Waals surface area (Å²) < 4.78 is 13.0. The first-order valence-corrected chi connectivity index (χ1v) is 8.06. The highest BCUT2D eigenvalue weighted by Gasteiger charge is 2.15. The van der Waals surface area contributed by atoms with Gasteiger partial charge in [0.2, 0.25) is 0 Å².